The predicted molar refractivity (Wildman–Crippen MR) is 85.4 cm³/mol. The molecule has 106 valence electrons. The smallest absolute Gasteiger partial charge is 0.0642 e. The van der Waals surface area contributed by atoms with E-state index in [1.807, 2.05) is 37.6 Å². The third-order valence-electron chi connectivity index (χ3n) is 3.29. The van der Waals surface area contributed by atoms with Gasteiger partial charge in [0.15, 0.2) is 0 Å². The van der Waals surface area contributed by atoms with Gasteiger partial charge in [-0.2, -0.15) is 0 Å². The van der Waals surface area contributed by atoms with Gasteiger partial charge in [0.05, 0.1) is 10.7 Å². The highest BCUT2D eigenvalue weighted by Gasteiger charge is 2.07. The Morgan fingerprint density at radius 2 is 1.90 bits per heavy atom. The summed E-state index contributed by atoms with van der Waals surface area (Å²) in [5, 5.41) is 3.93. The topological polar surface area (TPSA) is 28.2 Å². The predicted octanol–water partition coefficient (Wildman–Crippen LogP) is 3.13. The van der Waals surface area contributed by atoms with Crippen molar-refractivity contribution in [3.8, 4) is 0 Å². The zero-order chi connectivity index (χ0) is 14.4. The van der Waals surface area contributed by atoms with Crippen LogP contribution in [0.3, 0.4) is 0 Å². The zero-order valence-electron chi connectivity index (χ0n) is 11.9. The molecule has 0 aliphatic carbocycles. The maximum atomic E-state index is 6.36. The Morgan fingerprint density at radius 1 is 1.15 bits per heavy atom. The average molecular weight is 290 g/mol. The van der Waals surface area contributed by atoms with E-state index in [0.717, 1.165) is 30.2 Å². The van der Waals surface area contributed by atoms with Gasteiger partial charge in [0.1, 0.15) is 0 Å². The molecule has 1 aromatic heterocycles. The second-order valence-electron chi connectivity index (χ2n) is 4.84. The molecule has 0 fully saturated rings. The number of halogens is 1. The molecule has 1 N–H and O–H groups in total. The highest BCUT2D eigenvalue weighted by molar-refractivity contribution is 6.33. The summed E-state index contributed by atoms with van der Waals surface area (Å²) in [5.74, 6) is 0. The van der Waals surface area contributed by atoms with Gasteiger partial charge in [0, 0.05) is 32.5 Å². The molecule has 0 unspecified atom stereocenters. The summed E-state index contributed by atoms with van der Waals surface area (Å²) in [7, 11) is 4.00. The quantitative estimate of drug-likeness (QED) is 0.885. The molecule has 2 rings (SSSR count). The minimum Gasteiger partial charge on any atom is -0.373 e. The fraction of sp³-hybridized carbons (Fsp3) is 0.312. The Labute approximate surface area is 125 Å². The van der Waals surface area contributed by atoms with Gasteiger partial charge in [-0.3, -0.25) is 4.98 Å². The highest BCUT2D eigenvalue weighted by Crippen LogP contribution is 2.26. The minimum atomic E-state index is 0.801. The average Bonchev–Trinajstić information content (AvgIpc) is 2.46. The van der Waals surface area contributed by atoms with Crippen LogP contribution in [0, 0.1) is 0 Å². The molecule has 1 heterocycles. The molecular formula is C16H20ClN3. The molecule has 0 radical (unpaired) electrons. The monoisotopic (exact) mass is 289 g/mol. The third kappa shape index (κ3) is 3.95. The molecule has 0 aliphatic heterocycles. The zero-order valence-corrected chi connectivity index (χ0v) is 12.7. The van der Waals surface area contributed by atoms with Gasteiger partial charge < -0.3 is 10.2 Å². The Kier molecular flexibility index (Phi) is 5.39. The van der Waals surface area contributed by atoms with Crippen LogP contribution in [-0.2, 0) is 13.0 Å². The van der Waals surface area contributed by atoms with Crippen molar-refractivity contribution in [3.05, 3.63) is 58.9 Å². The van der Waals surface area contributed by atoms with E-state index in [-0.39, 0.29) is 0 Å². The van der Waals surface area contributed by atoms with E-state index in [2.05, 4.69) is 34.4 Å². The van der Waals surface area contributed by atoms with Crippen molar-refractivity contribution in [3.63, 3.8) is 0 Å². The van der Waals surface area contributed by atoms with E-state index in [0.29, 0.717) is 0 Å². The molecule has 4 heteroatoms. The number of anilines is 1. The molecular weight excluding hydrogens is 270 g/mol. The second-order valence-corrected chi connectivity index (χ2v) is 5.25. The molecule has 0 bridgehead atoms. The Hall–Kier alpha value is -1.58. The molecule has 20 heavy (non-hydrogen) atoms. The molecule has 0 atom stereocenters. The molecule has 0 aliphatic rings. The van der Waals surface area contributed by atoms with Crippen molar-refractivity contribution in [2.75, 3.05) is 25.5 Å². The van der Waals surface area contributed by atoms with Crippen molar-refractivity contribution in [1.82, 2.24) is 10.3 Å². The van der Waals surface area contributed by atoms with Crippen LogP contribution in [0.15, 0.2) is 42.7 Å². The highest BCUT2D eigenvalue weighted by atomic mass is 35.5. The standard InChI is InChI=1S/C16H20ClN3/c1-18-12-14-3-4-16(15(17)11-14)20(2)10-7-13-5-8-19-9-6-13/h3-6,8-9,11,18H,7,10,12H2,1-2H3. The van der Waals surface area contributed by atoms with E-state index in [4.69, 9.17) is 11.6 Å². The van der Waals surface area contributed by atoms with E-state index >= 15 is 0 Å². The van der Waals surface area contributed by atoms with E-state index in [1.165, 1.54) is 11.1 Å². The van der Waals surface area contributed by atoms with Crippen molar-refractivity contribution in [1.29, 1.82) is 0 Å². The summed E-state index contributed by atoms with van der Waals surface area (Å²) in [5.41, 5.74) is 3.55. The SMILES string of the molecule is CNCc1ccc(N(C)CCc2ccncc2)c(Cl)c1. The lowest BCUT2D eigenvalue weighted by molar-refractivity contribution is 0.816. The summed E-state index contributed by atoms with van der Waals surface area (Å²) in [6.07, 6.45) is 4.64. The van der Waals surface area contributed by atoms with Gasteiger partial charge in [0.2, 0.25) is 0 Å². The number of rotatable bonds is 6. The van der Waals surface area contributed by atoms with Crippen LogP contribution in [0.4, 0.5) is 5.69 Å². The molecule has 0 saturated carbocycles. The summed E-state index contributed by atoms with van der Waals surface area (Å²) >= 11 is 6.36. The number of hydrogen-bond donors (Lipinski definition) is 1. The van der Waals surface area contributed by atoms with Crippen molar-refractivity contribution in [2.45, 2.75) is 13.0 Å². The summed E-state index contributed by atoms with van der Waals surface area (Å²) < 4.78 is 0. The largest absolute Gasteiger partial charge is 0.373 e. The van der Waals surface area contributed by atoms with Crippen LogP contribution in [0.2, 0.25) is 5.02 Å². The van der Waals surface area contributed by atoms with Gasteiger partial charge in [-0.15, -0.1) is 0 Å². The van der Waals surface area contributed by atoms with Gasteiger partial charge >= 0.3 is 0 Å². The molecule has 0 spiro atoms. The first kappa shape index (κ1) is 14.8. The van der Waals surface area contributed by atoms with E-state index < -0.39 is 0 Å². The van der Waals surface area contributed by atoms with Gasteiger partial charge in [0.25, 0.3) is 0 Å². The molecule has 3 nitrogen and oxygen atoms in total. The first-order valence-electron chi connectivity index (χ1n) is 6.74. The molecule has 0 saturated heterocycles. The van der Waals surface area contributed by atoms with Gasteiger partial charge in [-0.05, 0) is 48.9 Å². The third-order valence-corrected chi connectivity index (χ3v) is 3.59. The molecule has 0 amide bonds. The lowest BCUT2D eigenvalue weighted by atomic mass is 10.1. The maximum Gasteiger partial charge on any atom is 0.0642 e. The number of nitrogens with one attached hydrogen (secondary N) is 1. The Balaban J connectivity index is 2.00. The van der Waals surface area contributed by atoms with Crippen LogP contribution in [0.5, 0.6) is 0 Å². The number of benzene rings is 1. The number of nitrogens with zero attached hydrogens (tertiary/aromatic N) is 2. The first-order chi connectivity index (χ1) is 9.70. The molecule has 2 aromatic rings. The minimum absolute atomic E-state index is 0.801. The Morgan fingerprint density at radius 3 is 2.55 bits per heavy atom. The summed E-state index contributed by atoms with van der Waals surface area (Å²) in [6, 6.07) is 10.3. The van der Waals surface area contributed by atoms with Crippen molar-refractivity contribution >= 4 is 17.3 Å². The maximum absolute atomic E-state index is 6.36. The fourth-order valence-corrected chi connectivity index (χ4v) is 2.49. The summed E-state index contributed by atoms with van der Waals surface area (Å²) in [6.45, 7) is 1.76. The number of aromatic nitrogens is 1. The second kappa shape index (κ2) is 7.27. The van der Waals surface area contributed by atoms with Crippen molar-refractivity contribution in [2.24, 2.45) is 0 Å². The first-order valence-corrected chi connectivity index (χ1v) is 7.11. The van der Waals surface area contributed by atoms with Crippen molar-refractivity contribution < 1.29 is 0 Å². The summed E-state index contributed by atoms with van der Waals surface area (Å²) in [4.78, 5) is 6.22. The van der Waals surface area contributed by atoms with Crippen LogP contribution < -0.4 is 10.2 Å². The lowest BCUT2D eigenvalue weighted by Gasteiger charge is -2.21. The molecule has 1 aromatic carbocycles. The normalized spacial score (nSPS) is 10.6. The van der Waals surface area contributed by atoms with Crippen LogP contribution >= 0.6 is 11.6 Å². The van der Waals surface area contributed by atoms with Crippen LogP contribution in [0.25, 0.3) is 0 Å². The Bertz CT molecular complexity index is 543. The van der Waals surface area contributed by atoms with Gasteiger partial charge in [-0.1, -0.05) is 17.7 Å². The van der Waals surface area contributed by atoms with Crippen LogP contribution in [-0.4, -0.2) is 25.6 Å². The number of likely N-dealkylation sites (N-methyl/N-ethyl adjacent to an activating group) is 1. The fourth-order valence-electron chi connectivity index (χ4n) is 2.14. The van der Waals surface area contributed by atoms with Crippen LogP contribution in [0.1, 0.15) is 11.1 Å². The van der Waals surface area contributed by atoms with Gasteiger partial charge in [-0.25, -0.2) is 0 Å². The lowest BCUT2D eigenvalue weighted by Crippen LogP contribution is -2.20. The van der Waals surface area contributed by atoms with E-state index in [1.54, 1.807) is 0 Å². The number of hydrogen-bond acceptors (Lipinski definition) is 3. The van der Waals surface area contributed by atoms with E-state index in [9.17, 15) is 0 Å². The number of pyridine rings is 1.